The molecule has 27 heavy (non-hydrogen) atoms. The van der Waals surface area contributed by atoms with Crippen LogP contribution >= 0.6 is 0 Å². The Bertz CT molecular complexity index is 311. The minimum atomic E-state index is 0.577. The van der Waals surface area contributed by atoms with Gasteiger partial charge in [0.1, 0.15) is 6.29 Å². The molecular formula is C26H52O. The third-order valence-corrected chi connectivity index (χ3v) is 6.48. The summed E-state index contributed by atoms with van der Waals surface area (Å²) in [6.07, 6.45) is 22.7. The molecule has 4 atom stereocenters. The normalized spacial score (nSPS) is 16.0. The summed E-state index contributed by atoms with van der Waals surface area (Å²) in [7, 11) is 0. The van der Waals surface area contributed by atoms with Gasteiger partial charge in [0, 0.05) is 6.42 Å². The van der Waals surface area contributed by atoms with Crippen molar-refractivity contribution in [2.24, 2.45) is 23.7 Å². The molecule has 0 saturated heterocycles. The van der Waals surface area contributed by atoms with Gasteiger partial charge >= 0.3 is 0 Å². The van der Waals surface area contributed by atoms with Crippen molar-refractivity contribution < 1.29 is 4.79 Å². The minimum Gasteiger partial charge on any atom is -0.303 e. The van der Waals surface area contributed by atoms with Crippen LogP contribution in [0.4, 0.5) is 0 Å². The van der Waals surface area contributed by atoms with Gasteiger partial charge in [-0.25, -0.2) is 0 Å². The predicted molar refractivity (Wildman–Crippen MR) is 122 cm³/mol. The number of hydrogen-bond acceptors (Lipinski definition) is 1. The number of hydrogen-bond donors (Lipinski definition) is 0. The Morgan fingerprint density at radius 3 is 1.30 bits per heavy atom. The molecule has 0 aromatic rings. The molecular weight excluding hydrogens is 328 g/mol. The van der Waals surface area contributed by atoms with Crippen molar-refractivity contribution in [1.82, 2.24) is 0 Å². The lowest BCUT2D eigenvalue weighted by molar-refractivity contribution is -0.108. The molecule has 0 N–H and O–H groups in total. The maximum absolute atomic E-state index is 10.5. The lowest BCUT2D eigenvalue weighted by Gasteiger charge is -2.16. The quantitative estimate of drug-likeness (QED) is 0.152. The number of carbonyl (C=O) groups is 1. The molecule has 0 rings (SSSR count). The summed E-state index contributed by atoms with van der Waals surface area (Å²) in [6, 6.07) is 0. The third-order valence-electron chi connectivity index (χ3n) is 6.48. The zero-order chi connectivity index (χ0) is 20.3. The first-order valence-electron chi connectivity index (χ1n) is 12.4. The lowest BCUT2D eigenvalue weighted by atomic mass is 9.90. The summed E-state index contributed by atoms with van der Waals surface area (Å²) in [5, 5.41) is 0. The lowest BCUT2D eigenvalue weighted by Crippen LogP contribution is -2.02. The van der Waals surface area contributed by atoms with Crippen molar-refractivity contribution in [2.45, 2.75) is 137 Å². The van der Waals surface area contributed by atoms with Crippen LogP contribution in [0.1, 0.15) is 137 Å². The zero-order valence-corrected chi connectivity index (χ0v) is 19.6. The molecule has 0 radical (unpaired) electrons. The summed E-state index contributed by atoms with van der Waals surface area (Å²) < 4.78 is 0. The summed E-state index contributed by atoms with van der Waals surface area (Å²) in [4.78, 5) is 10.5. The molecule has 1 nitrogen and oxygen atoms in total. The SMILES string of the molecule is CCCCCCC[C@H](C)CCC[C@H](C)CCC[C@H](C)CCC[C@H](C)CC=O. The Morgan fingerprint density at radius 1 is 0.519 bits per heavy atom. The Balaban J connectivity index is 3.51. The van der Waals surface area contributed by atoms with Crippen LogP contribution in [0.5, 0.6) is 0 Å². The van der Waals surface area contributed by atoms with Gasteiger partial charge in [-0.3, -0.25) is 0 Å². The third kappa shape index (κ3) is 18.8. The van der Waals surface area contributed by atoms with Crippen LogP contribution in [0.15, 0.2) is 0 Å². The molecule has 0 aromatic heterocycles. The number of carbonyl (C=O) groups excluding carboxylic acids is 1. The number of rotatable bonds is 20. The Labute approximate surface area is 172 Å². The zero-order valence-electron chi connectivity index (χ0n) is 19.6. The van der Waals surface area contributed by atoms with E-state index >= 15 is 0 Å². The molecule has 0 bridgehead atoms. The first-order chi connectivity index (χ1) is 13.0. The first kappa shape index (κ1) is 26.7. The van der Waals surface area contributed by atoms with E-state index in [9.17, 15) is 4.79 Å². The van der Waals surface area contributed by atoms with Crippen LogP contribution in [0.25, 0.3) is 0 Å². The second-order valence-corrected chi connectivity index (χ2v) is 9.82. The molecule has 0 saturated carbocycles. The highest BCUT2D eigenvalue weighted by Crippen LogP contribution is 2.23. The molecule has 0 unspecified atom stereocenters. The Morgan fingerprint density at radius 2 is 0.889 bits per heavy atom. The van der Waals surface area contributed by atoms with E-state index in [1.54, 1.807) is 0 Å². The first-order valence-corrected chi connectivity index (χ1v) is 12.4. The summed E-state index contributed by atoms with van der Waals surface area (Å²) in [5.41, 5.74) is 0. The van der Waals surface area contributed by atoms with E-state index in [-0.39, 0.29) is 0 Å². The topological polar surface area (TPSA) is 17.1 Å². The van der Waals surface area contributed by atoms with Crippen molar-refractivity contribution in [3.05, 3.63) is 0 Å². The van der Waals surface area contributed by atoms with E-state index < -0.39 is 0 Å². The van der Waals surface area contributed by atoms with E-state index in [2.05, 4.69) is 34.6 Å². The summed E-state index contributed by atoms with van der Waals surface area (Å²) in [6.45, 7) is 11.8. The van der Waals surface area contributed by atoms with Crippen molar-refractivity contribution >= 4 is 6.29 Å². The van der Waals surface area contributed by atoms with E-state index in [4.69, 9.17) is 0 Å². The van der Waals surface area contributed by atoms with Crippen LogP contribution in [0.2, 0.25) is 0 Å². The highest BCUT2D eigenvalue weighted by atomic mass is 16.1. The number of unbranched alkanes of at least 4 members (excludes halogenated alkanes) is 4. The van der Waals surface area contributed by atoms with Gasteiger partial charge in [0.05, 0.1) is 0 Å². The highest BCUT2D eigenvalue weighted by Gasteiger charge is 2.08. The predicted octanol–water partition coefficient (Wildman–Crippen LogP) is 8.99. The van der Waals surface area contributed by atoms with Gasteiger partial charge in [0.2, 0.25) is 0 Å². The van der Waals surface area contributed by atoms with Gasteiger partial charge in [-0.05, 0) is 23.7 Å². The van der Waals surface area contributed by atoms with Crippen LogP contribution in [-0.4, -0.2) is 6.29 Å². The van der Waals surface area contributed by atoms with Gasteiger partial charge < -0.3 is 4.79 Å². The molecule has 162 valence electrons. The fourth-order valence-corrected chi connectivity index (χ4v) is 4.26. The monoisotopic (exact) mass is 380 g/mol. The Hall–Kier alpha value is -0.330. The highest BCUT2D eigenvalue weighted by molar-refractivity contribution is 5.49. The van der Waals surface area contributed by atoms with Crippen LogP contribution in [0.3, 0.4) is 0 Å². The van der Waals surface area contributed by atoms with E-state index in [0.29, 0.717) is 5.92 Å². The molecule has 0 aliphatic carbocycles. The summed E-state index contributed by atoms with van der Waals surface area (Å²) in [5.74, 6) is 3.27. The van der Waals surface area contributed by atoms with Crippen LogP contribution in [0, 0.1) is 23.7 Å². The van der Waals surface area contributed by atoms with Crippen LogP contribution < -0.4 is 0 Å². The second kappa shape index (κ2) is 19.0. The molecule has 0 aliphatic heterocycles. The van der Waals surface area contributed by atoms with Gasteiger partial charge in [0.25, 0.3) is 0 Å². The molecule has 0 spiro atoms. The minimum absolute atomic E-state index is 0.577. The van der Waals surface area contributed by atoms with Gasteiger partial charge in [0.15, 0.2) is 0 Å². The fourth-order valence-electron chi connectivity index (χ4n) is 4.26. The van der Waals surface area contributed by atoms with Crippen molar-refractivity contribution in [3.63, 3.8) is 0 Å². The van der Waals surface area contributed by atoms with E-state index in [0.717, 1.165) is 30.5 Å². The molecule has 0 amide bonds. The smallest absolute Gasteiger partial charge is 0.120 e. The molecule has 0 aliphatic rings. The summed E-state index contributed by atoms with van der Waals surface area (Å²) >= 11 is 0. The largest absolute Gasteiger partial charge is 0.303 e. The molecule has 0 fully saturated rings. The fraction of sp³-hybridized carbons (Fsp3) is 0.962. The second-order valence-electron chi connectivity index (χ2n) is 9.82. The maximum Gasteiger partial charge on any atom is 0.120 e. The van der Waals surface area contributed by atoms with E-state index in [1.165, 1.54) is 96.3 Å². The average molecular weight is 381 g/mol. The van der Waals surface area contributed by atoms with Crippen molar-refractivity contribution in [1.29, 1.82) is 0 Å². The van der Waals surface area contributed by atoms with Crippen molar-refractivity contribution in [3.8, 4) is 0 Å². The van der Waals surface area contributed by atoms with Crippen LogP contribution in [-0.2, 0) is 4.79 Å². The molecule has 0 heterocycles. The van der Waals surface area contributed by atoms with Gasteiger partial charge in [-0.2, -0.15) is 0 Å². The van der Waals surface area contributed by atoms with E-state index in [1.807, 2.05) is 0 Å². The number of aldehydes is 1. The van der Waals surface area contributed by atoms with Gasteiger partial charge in [-0.15, -0.1) is 0 Å². The molecule has 0 aromatic carbocycles. The standard InChI is InChI=1S/C26H52O/c1-6-7-8-9-10-14-23(2)15-11-16-24(3)17-12-18-25(4)19-13-20-26(5)21-22-27/h22-26H,6-21H2,1-5H3/t23-,24-,25-,26-/m0/s1. The average Bonchev–Trinajstić information content (AvgIpc) is 2.61. The Kier molecular flexibility index (Phi) is 18.8. The van der Waals surface area contributed by atoms with Gasteiger partial charge in [-0.1, -0.05) is 131 Å². The molecule has 1 heteroatoms. The van der Waals surface area contributed by atoms with Crippen molar-refractivity contribution in [2.75, 3.05) is 0 Å². The maximum atomic E-state index is 10.5.